The maximum absolute atomic E-state index is 11.7. The maximum atomic E-state index is 11.7. The molecule has 0 aromatic heterocycles. The third-order valence-electron chi connectivity index (χ3n) is 3.80. The lowest BCUT2D eigenvalue weighted by Gasteiger charge is -2.15. The van der Waals surface area contributed by atoms with Gasteiger partial charge < -0.3 is 10.6 Å². The Balaban J connectivity index is 1.62. The molecule has 0 bridgehead atoms. The Kier molecular flexibility index (Phi) is 2.98. The Morgan fingerprint density at radius 3 is 2.61 bits per heavy atom. The number of hydrogen-bond acceptors (Lipinski definition) is 2. The van der Waals surface area contributed by atoms with Crippen LogP contribution in [0.15, 0.2) is 24.3 Å². The van der Waals surface area contributed by atoms with Gasteiger partial charge in [-0.2, -0.15) is 0 Å². The van der Waals surface area contributed by atoms with Crippen molar-refractivity contribution in [2.24, 2.45) is 11.8 Å². The third-order valence-corrected chi connectivity index (χ3v) is 3.80. The van der Waals surface area contributed by atoms with E-state index in [1.807, 2.05) is 18.2 Å². The zero-order valence-corrected chi connectivity index (χ0v) is 10.8. The van der Waals surface area contributed by atoms with Gasteiger partial charge >= 0.3 is 0 Å². The van der Waals surface area contributed by atoms with Gasteiger partial charge in [-0.05, 0) is 56.7 Å². The summed E-state index contributed by atoms with van der Waals surface area (Å²) >= 11 is 0. The van der Waals surface area contributed by atoms with E-state index in [1.54, 1.807) is 0 Å². The molecule has 3 nitrogen and oxygen atoms in total. The normalized spacial score (nSPS) is 20.3. The molecule has 2 N–H and O–H groups in total. The summed E-state index contributed by atoms with van der Waals surface area (Å²) in [7, 11) is 0. The monoisotopic (exact) mass is 244 g/mol. The highest BCUT2D eigenvalue weighted by Crippen LogP contribution is 2.34. The van der Waals surface area contributed by atoms with Crippen LogP contribution < -0.4 is 10.6 Å². The predicted octanol–water partition coefficient (Wildman–Crippen LogP) is 3.25. The van der Waals surface area contributed by atoms with Gasteiger partial charge in [0.05, 0.1) is 0 Å². The molecule has 0 radical (unpaired) electrons. The second-order valence-corrected chi connectivity index (χ2v) is 5.61. The van der Waals surface area contributed by atoms with E-state index >= 15 is 0 Å². The van der Waals surface area contributed by atoms with Crippen LogP contribution in [0, 0.1) is 11.8 Å². The average Bonchev–Trinajstić information content (AvgIpc) is 3.19. The fourth-order valence-corrected chi connectivity index (χ4v) is 2.25. The molecule has 1 amide bonds. The van der Waals surface area contributed by atoms with Crippen molar-refractivity contribution < 1.29 is 4.79 Å². The molecule has 0 saturated heterocycles. The Morgan fingerprint density at radius 2 is 1.94 bits per heavy atom. The first-order chi connectivity index (χ1) is 8.72. The van der Waals surface area contributed by atoms with E-state index in [9.17, 15) is 4.79 Å². The van der Waals surface area contributed by atoms with Crippen molar-refractivity contribution >= 4 is 17.3 Å². The van der Waals surface area contributed by atoms with Crippen molar-refractivity contribution in [1.82, 2.24) is 0 Å². The molecular weight excluding hydrogens is 224 g/mol. The summed E-state index contributed by atoms with van der Waals surface area (Å²) in [6.07, 6.45) is 4.77. The van der Waals surface area contributed by atoms with Gasteiger partial charge in [0.25, 0.3) is 0 Å². The number of amides is 1. The van der Waals surface area contributed by atoms with Gasteiger partial charge in [-0.1, -0.05) is 6.07 Å². The van der Waals surface area contributed by atoms with Gasteiger partial charge in [0, 0.05) is 23.3 Å². The van der Waals surface area contributed by atoms with E-state index < -0.39 is 0 Å². The van der Waals surface area contributed by atoms with Crippen molar-refractivity contribution in [2.75, 3.05) is 10.6 Å². The van der Waals surface area contributed by atoms with Crippen LogP contribution >= 0.6 is 0 Å². The zero-order valence-electron chi connectivity index (χ0n) is 10.8. The highest BCUT2D eigenvalue weighted by Gasteiger charge is 2.30. The summed E-state index contributed by atoms with van der Waals surface area (Å²) in [5.41, 5.74) is 2.00. The van der Waals surface area contributed by atoms with Crippen molar-refractivity contribution in [3.63, 3.8) is 0 Å². The molecule has 0 aliphatic heterocycles. The average molecular weight is 244 g/mol. The number of carbonyl (C=O) groups is 1. The number of rotatable bonds is 5. The van der Waals surface area contributed by atoms with Gasteiger partial charge in [-0.25, -0.2) is 0 Å². The largest absolute Gasteiger partial charge is 0.382 e. The molecule has 1 atom stereocenters. The Bertz CT molecular complexity index is 450. The maximum Gasteiger partial charge on any atom is 0.227 e. The van der Waals surface area contributed by atoms with E-state index in [4.69, 9.17) is 0 Å². The van der Waals surface area contributed by atoms with E-state index in [2.05, 4.69) is 23.6 Å². The van der Waals surface area contributed by atoms with Crippen molar-refractivity contribution in [3.05, 3.63) is 24.3 Å². The third kappa shape index (κ3) is 2.84. The molecule has 2 aliphatic rings. The number of carbonyl (C=O) groups excluding carboxylic acids is 1. The lowest BCUT2D eigenvalue weighted by molar-refractivity contribution is -0.117. The quantitative estimate of drug-likeness (QED) is 0.834. The molecule has 96 valence electrons. The minimum Gasteiger partial charge on any atom is -0.382 e. The van der Waals surface area contributed by atoms with Crippen LogP contribution in [0.2, 0.25) is 0 Å². The van der Waals surface area contributed by atoms with Crippen LogP contribution in [0.5, 0.6) is 0 Å². The summed E-state index contributed by atoms with van der Waals surface area (Å²) in [5.74, 6) is 1.25. The van der Waals surface area contributed by atoms with Crippen LogP contribution in [-0.4, -0.2) is 11.9 Å². The van der Waals surface area contributed by atoms with E-state index in [1.165, 1.54) is 12.8 Å². The first kappa shape index (κ1) is 11.6. The topological polar surface area (TPSA) is 41.1 Å². The molecule has 0 spiro atoms. The molecular formula is C15H20N2O. The molecule has 3 rings (SSSR count). The predicted molar refractivity (Wildman–Crippen MR) is 73.6 cm³/mol. The minimum atomic E-state index is 0.169. The van der Waals surface area contributed by atoms with E-state index in [0.29, 0.717) is 6.04 Å². The van der Waals surface area contributed by atoms with Crippen LogP contribution in [0.25, 0.3) is 0 Å². The molecule has 1 unspecified atom stereocenters. The second kappa shape index (κ2) is 4.63. The summed E-state index contributed by atoms with van der Waals surface area (Å²) in [6, 6.07) is 8.56. The molecule has 2 fully saturated rings. The van der Waals surface area contributed by atoms with Crippen LogP contribution in [0.4, 0.5) is 11.4 Å². The minimum absolute atomic E-state index is 0.169. The van der Waals surface area contributed by atoms with Gasteiger partial charge in [0.15, 0.2) is 0 Å². The lowest BCUT2D eigenvalue weighted by atomic mass is 10.2. The molecule has 2 aliphatic carbocycles. The Hall–Kier alpha value is -1.51. The van der Waals surface area contributed by atoms with Crippen molar-refractivity contribution in [3.8, 4) is 0 Å². The summed E-state index contributed by atoms with van der Waals surface area (Å²) in [5, 5.41) is 6.49. The van der Waals surface area contributed by atoms with E-state index in [-0.39, 0.29) is 11.8 Å². The standard InChI is InChI=1S/C15H20N2O/c1-10(11-5-6-11)16-13-3-2-4-14(9-13)17-15(18)12-7-8-12/h2-4,9-12,16H,5-8H2,1H3,(H,17,18). The van der Waals surface area contributed by atoms with Gasteiger partial charge in [0.1, 0.15) is 0 Å². The first-order valence-electron chi connectivity index (χ1n) is 6.90. The van der Waals surface area contributed by atoms with Crippen molar-refractivity contribution in [1.29, 1.82) is 0 Å². The fraction of sp³-hybridized carbons (Fsp3) is 0.533. The van der Waals surface area contributed by atoms with E-state index in [0.717, 1.165) is 30.1 Å². The lowest BCUT2D eigenvalue weighted by Crippen LogP contribution is -2.17. The molecule has 0 heterocycles. The van der Waals surface area contributed by atoms with Crippen LogP contribution in [0.3, 0.4) is 0 Å². The number of benzene rings is 1. The number of anilines is 2. The number of nitrogens with one attached hydrogen (secondary N) is 2. The Labute approximate surface area is 108 Å². The van der Waals surface area contributed by atoms with Crippen molar-refractivity contribution in [2.45, 2.75) is 38.6 Å². The SMILES string of the molecule is CC(Nc1cccc(NC(=O)C2CC2)c1)C1CC1. The van der Waals surface area contributed by atoms with Gasteiger partial charge in [0.2, 0.25) is 5.91 Å². The van der Waals surface area contributed by atoms with Gasteiger partial charge in [-0.3, -0.25) is 4.79 Å². The molecule has 1 aromatic rings. The molecule has 3 heteroatoms. The summed E-state index contributed by atoms with van der Waals surface area (Å²) in [4.78, 5) is 11.7. The van der Waals surface area contributed by atoms with Gasteiger partial charge in [-0.15, -0.1) is 0 Å². The molecule has 2 saturated carbocycles. The molecule has 1 aromatic carbocycles. The molecule has 18 heavy (non-hydrogen) atoms. The van der Waals surface area contributed by atoms with Crippen LogP contribution in [-0.2, 0) is 4.79 Å². The Morgan fingerprint density at radius 1 is 1.22 bits per heavy atom. The summed E-state index contributed by atoms with van der Waals surface area (Å²) in [6.45, 7) is 2.23. The highest BCUT2D eigenvalue weighted by atomic mass is 16.2. The second-order valence-electron chi connectivity index (χ2n) is 5.61. The van der Waals surface area contributed by atoms with Crippen LogP contribution in [0.1, 0.15) is 32.6 Å². The number of hydrogen-bond donors (Lipinski definition) is 2. The highest BCUT2D eigenvalue weighted by molar-refractivity contribution is 5.94. The smallest absolute Gasteiger partial charge is 0.227 e. The zero-order chi connectivity index (χ0) is 12.5. The fourth-order valence-electron chi connectivity index (χ4n) is 2.25. The summed E-state index contributed by atoms with van der Waals surface area (Å²) < 4.78 is 0. The first-order valence-corrected chi connectivity index (χ1v) is 6.90.